The zero-order chi connectivity index (χ0) is 17.4. The Kier molecular flexibility index (Phi) is 4.86. The van der Waals surface area contributed by atoms with E-state index in [0.29, 0.717) is 25.6 Å². The highest BCUT2D eigenvalue weighted by Gasteiger charge is 2.40. The molecule has 126 valence electrons. The number of carbonyl (C=O) groups is 1. The number of rotatable bonds is 5. The molecule has 1 saturated heterocycles. The van der Waals surface area contributed by atoms with Gasteiger partial charge in [-0.15, -0.1) is 6.58 Å². The number of hydrogen-bond donors (Lipinski definition) is 0. The van der Waals surface area contributed by atoms with Gasteiger partial charge in [-0.05, 0) is 31.0 Å². The molecule has 1 fully saturated rings. The molecule has 5 nitrogen and oxygen atoms in total. The fourth-order valence-electron chi connectivity index (χ4n) is 2.55. The van der Waals surface area contributed by atoms with E-state index in [2.05, 4.69) is 6.58 Å². The van der Waals surface area contributed by atoms with Crippen molar-refractivity contribution in [2.24, 2.45) is 0 Å². The molecule has 0 aliphatic carbocycles. The van der Waals surface area contributed by atoms with Gasteiger partial charge in [-0.3, -0.25) is 4.79 Å². The third kappa shape index (κ3) is 3.13. The van der Waals surface area contributed by atoms with Crippen LogP contribution >= 0.6 is 0 Å². The van der Waals surface area contributed by atoms with E-state index in [0.717, 1.165) is 10.4 Å². The van der Waals surface area contributed by atoms with Gasteiger partial charge in [0.15, 0.2) is 0 Å². The van der Waals surface area contributed by atoms with Crippen LogP contribution in [0.15, 0.2) is 29.7 Å². The second-order valence-electron chi connectivity index (χ2n) is 5.43. The molecule has 1 atom stereocenters. The van der Waals surface area contributed by atoms with Gasteiger partial charge in [0.2, 0.25) is 15.9 Å². The molecule has 1 unspecified atom stereocenters. The van der Waals surface area contributed by atoms with Gasteiger partial charge in [-0.1, -0.05) is 6.08 Å². The molecule has 1 heterocycles. The number of likely N-dealkylation sites (tertiary alicyclic amines) is 1. The topological polar surface area (TPSA) is 57.7 Å². The van der Waals surface area contributed by atoms with Crippen molar-refractivity contribution < 1.29 is 22.0 Å². The van der Waals surface area contributed by atoms with E-state index < -0.39 is 32.6 Å². The molecule has 0 N–H and O–H groups in total. The molecule has 0 aromatic heterocycles. The lowest BCUT2D eigenvalue weighted by atomic mass is 10.2. The van der Waals surface area contributed by atoms with Crippen LogP contribution < -0.4 is 0 Å². The predicted octanol–water partition coefficient (Wildman–Crippen LogP) is 1.68. The maximum atomic E-state index is 14.0. The minimum atomic E-state index is -4.32. The first kappa shape index (κ1) is 17.6. The fraction of sp³-hybridized carbons (Fsp3) is 0.400. The normalized spacial score (nSPS) is 18.7. The Morgan fingerprint density at radius 3 is 2.65 bits per heavy atom. The average Bonchev–Trinajstić information content (AvgIpc) is 2.83. The van der Waals surface area contributed by atoms with Crippen molar-refractivity contribution in [1.82, 2.24) is 9.21 Å². The lowest BCUT2D eigenvalue weighted by Crippen LogP contribution is -2.43. The zero-order valence-electron chi connectivity index (χ0n) is 12.9. The van der Waals surface area contributed by atoms with Gasteiger partial charge in [0, 0.05) is 20.1 Å². The highest BCUT2D eigenvalue weighted by Crippen LogP contribution is 2.26. The van der Waals surface area contributed by atoms with Gasteiger partial charge in [0.05, 0.1) is 0 Å². The molecular formula is C15H18F2N2O3S. The Balaban J connectivity index is 2.35. The van der Waals surface area contributed by atoms with E-state index in [9.17, 15) is 22.0 Å². The van der Waals surface area contributed by atoms with Crippen molar-refractivity contribution in [2.45, 2.75) is 24.3 Å². The summed E-state index contributed by atoms with van der Waals surface area (Å²) in [6.45, 7) is 5.58. The minimum absolute atomic E-state index is 0.0122. The third-order valence-electron chi connectivity index (χ3n) is 3.93. The Hall–Kier alpha value is -1.80. The lowest BCUT2D eigenvalue weighted by Gasteiger charge is -2.23. The Bertz CT molecular complexity index is 749. The van der Waals surface area contributed by atoms with Crippen LogP contribution in [0.5, 0.6) is 0 Å². The van der Waals surface area contributed by atoms with Crippen molar-refractivity contribution in [3.05, 3.63) is 42.0 Å². The summed E-state index contributed by atoms with van der Waals surface area (Å²) in [6.07, 6.45) is 1.84. The lowest BCUT2D eigenvalue weighted by molar-refractivity contribution is -0.130. The first-order chi connectivity index (χ1) is 10.7. The highest BCUT2D eigenvalue weighted by atomic mass is 32.2. The Morgan fingerprint density at radius 2 is 2.04 bits per heavy atom. The smallest absolute Gasteiger partial charge is 0.246 e. The van der Waals surface area contributed by atoms with Crippen LogP contribution in [-0.2, 0) is 14.8 Å². The van der Waals surface area contributed by atoms with Gasteiger partial charge in [0.25, 0.3) is 0 Å². The maximum absolute atomic E-state index is 14.0. The standard InChI is InChI=1S/C15H18F2N2O3S/c1-4-6-19-7-5-13(15(19)20)18(3)23(21,22)14-9-11(16)10(2)8-12(14)17/h4,8-9,13H,1,5-7H2,2-3H3. The van der Waals surface area contributed by atoms with Gasteiger partial charge in [-0.2, -0.15) is 4.31 Å². The predicted molar refractivity (Wildman–Crippen MR) is 81.2 cm³/mol. The van der Waals surface area contributed by atoms with Gasteiger partial charge in [0.1, 0.15) is 22.6 Å². The highest BCUT2D eigenvalue weighted by molar-refractivity contribution is 7.89. The van der Waals surface area contributed by atoms with E-state index >= 15 is 0 Å². The largest absolute Gasteiger partial charge is 0.338 e. The van der Waals surface area contributed by atoms with Gasteiger partial charge < -0.3 is 4.90 Å². The SMILES string of the molecule is C=CCN1CCC(N(C)S(=O)(=O)c2cc(F)c(C)cc2F)C1=O. The monoisotopic (exact) mass is 344 g/mol. The first-order valence-electron chi connectivity index (χ1n) is 7.03. The average molecular weight is 344 g/mol. The molecule has 0 spiro atoms. The fourth-order valence-corrected chi connectivity index (χ4v) is 3.94. The summed E-state index contributed by atoms with van der Waals surface area (Å²) in [7, 11) is -3.12. The van der Waals surface area contributed by atoms with E-state index in [-0.39, 0.29) is 11.5 Å². The zero-order valence-corrected chi connectivity index (χ0v) is 13.7. The summed E-state index contributed by atoms with van der Waals surface area (Å²) in [6, 6.07) is 0.553. The molecule has 1 aromatic carbocycles. The number of hydrogen-bond acceptors (Lipinski definition) is 3. The minimum Gasteiger partial charge on any atom is -0.338 e. The number of amides is 1. The summed E-state index contributed by atoms with van der Waals surface area (Å²) in [4.78, 5) is 12.9. The van der Waals surface area contributed by atoms with Crippen molar-refractivity contribution in [3.8, 4) is 0 Å². The summed E-state index contributed by atoms with van der Waals surface area (Å²) in [5, 5.41) is 0. The van der Waals surface area contributed by atoms with E-state index in [1.54, 1.807) is 6.08 Å². The molecule has 23 heavy (non-hydrogen) atoms. The third-order valence-corrected chi connectivity index (χ3v) is 5.81. The van der Waals surface area contributed by atoms with Crippen molar-refractivity contribution in [2.75, 3.05) is 20.1 Å². The molecule has 1 amide bonds. The van der Waals surface area contributed by atoms with Crippen LogP contribution in [-0.4, -0.2) is 49.7 Å². The number of aryl methyl sites for hydroxylation is 1. The molecule has 0 radical (unpaired) electrons. The van der Waals surface area contributed by atoms with Crippen molar-refractivity contribution >= 4 is 15.9 Å². The summed E-state index contributed by atoms with van der Waals surface area (Å²) in [5.41, 5.74) is 0.0122. The molecule has 0 saturated carbocycles. The molecule has 0 bridgehead atoms. The van der Waals surface area contributed by atoms with Crippen LogP contribution in [0.25, 0.3) is 0 Å². The molecular weight excluding hydrogens is 326 g/mol. The van der Waals surface area contributed by atoms with Crippen LogP contribution in [0.4, 0.5) is 8.78 Å². The Labute approximate surface area is 134 Å². The summed E-state index contributed by atoms with van der Waals surface area (Å²) >= 11 is 0. The Morgan fingerprint density at radius 1 is 1.39 bits per heavy atom. The van der Waals surface area contributed by atoms with Gasteiger partial charge in [-0.25, -0.2) is 17.2 Å². The summed E-state index contributed by atoms with van der Waals surface area (Å²) < 4.78 is 53.5. The van der Waals surface area contributed by atoms with Crippen molar-refractivity contribution in [3.63, 3.8) is 0 Å². The second-order valence-corrected chi connectivity index (χ2v) is 7.40. The molecule has 1 aliphatic rings. The van der Waals surface area contributed by atoms with Crippen LogP contribution in [0.3, 0.4) is 0 Å². The first-order valence-corrected chi connectivity index (χ1v) is 8.47. The van der Waals surface area contributed by atoms with E-state index in [4.69, 9.17) is 0 Å². The van der Waals surface area contributed by atoms with Gasteiger partial charge >= 0.3 is 0 Å². The maximum Gasteiger partial charge on any atom is 0.246 e. The number of likely N-dealkylation sites (N-methyl/N-ethyl adjacent to an activating group) is 1. The number of nitrogens with zero attached hydrogens (tertiary/aromatic N) is 2. The number of halogens is 2. The van der Waals surface area contributed by atoms with Crippen LogP contribution in [0.1, 0.15) is 12.0 Å². The summed E-state index contributed by atoms with van der Waals surface area (Å²) in [5.74, 6) is -2.22. The molecule has 1 aromatic rings. The molecule has 2 rings (SSSR count). The molecule has 1 aliphatic heterocycles. The number of carbonyl (C=O) groups excluding carboxylic acids is 1. The van der Waals surface area contributed by atoms with E-state index in [1.165, 1.54) is 18.9 Å². The molecule has 8 heteroatoms. The van der Waals surface area contributed by atoms with E-state index in [1.807, 2.05) is 0 Å². The second kappa shape index (κ2) is 6.37. The quantitative estimate of drug-likeness (QED) is 0.764. The van der Waals surface area contributed by atoms with Crippen LogP contribution in [0, 0.1) is 18.6 Å². The van der Waals surface area contributed by atoms with Crippen molar-refractivity contribution in [1.29, 1.82) is 0 Å². The number of benzene rings is 1. The number of sulfonamides is 1. The van der Waals surface area contributed by atoms with Crippen LogP contribution in [0.2, 0.25) is 0 Å².